The molecule has 0 spiro atoms. The lowest BCUT2D eigenvalue weighted by Gasteiger charge is -2.38. The molecular weight excluding hydrogens is 438 g/mol. The smallest absolute Gasteiger partial charge is 0.251 e. The molecule has 178 valence electrons. The fourth-order valence-electron chi connectivity index (χ4n) is 4.65. The Bertz CT molecular complexity index is 1070. The largest absolute Gasteiger partial charge is 0.381 e. The third-order valence-electron chi connectivity index (χ3n) is 6.98. The van der Waals surface area contributed by atoms with Crippen molar-refractivity contribution in [3.8, 4) is 0 Å². The van der Waals surface area contributed by atoms with E-state index in [0.29, 0.717) is 51.5 Å². The summed E-state index contributed by atoms with van der Waals surface area (Å²) >= 11 is 0. The van der Waals surface area contributed by atoms with E-state index >= 15 is 0 Å². The van der Waals surface area contributed by atoms with Crippen LogP contribution in [0, 0.1) is 6.92 Å². The Kier molecular flexibility index (Phi) is 7.19. The van der Waals surface area contributed by atoms with Gasteiger partial charge in [0.15, 0.2) is 0 Å². The van der Waals surface area contributed by atoms with Gasteiger partial charge in [-0.05, 0) is 50.1 Å². The van der Waals surface area contributed by atoms with Crippen LogP contribution in [0.1, 0.15) is 34.3 Å². The molecular formula is C25H33N3O4S. The summed E-state index contributed by atoms with van der Waals surface area (Å²) in [5.41, 5.74) is 2.16. The summed E-state index contributed by atoms with van der Waals surface area (Å²) in [5.74, 6) is -0.246. The summed E-state index contributed by atoms with van der Waals surface area (Å²) in [4.78, 5) is 15.5. The maximum Gasteiger partial charge on any atom is 0.251 e. The van der Waals surface area contributed by atoms with Crippen molar-refractivity contribution in [3.63, 3.8) is 0 Å². The topological polar surface area (TPSA) is 79.0 Å². The van der Waals surface area contributed by atoms with Crippen LogP contribution in [0.25, 0.3) is 0 Å². The second kappa shape index (κ2) is 9.93. The highest BCUT2D eigenvalue weighted by Gasteiger charge is 2.35. The number of amides is 1. The van der Waals surface area contributed by atoms with Crippen LogP contribution in [0.3, 0.4) is 0 Å². The van der Waals surface area contributed by atoms with E-state index in [1.54, 1.807) is 12.1 Å². The summed E-state index contributed by atoms with van der Waals surface area (Å²) < 4.78 is 33.5. The summed E-state index contributed by atoms with van der Waals surface area (Å²) in [6.45, 7) is 5.93. The normalized spacial score (nSPS) is 19.8. The van der Waals surface area contributed by atoms with E-state index in [1.807, 2.05) is 32.2 Å². The van der Waals surface area contributed by atoms with Crippen molar-refractivity contribution in [2.45, 2.75) is 30.1 Å². The quantitative estimate of drug-likeness (QED) is 0.700. The van der Waals surface area contributed by atoms with Crippen molar-refractivity contribution in [1.82, 2.24) is 14.5 Å². The lowest BCUT2D eigenvalue weighted by atomic mass is 9.74. The third-order valence-corrected chi connectivity index (χ3v) is 8.87. The fourth-order valence-corrected chi connectivity index (χ4v) is 6.10. The molecule has 2 heterocycles. The average Bonchev–Trinajstić information content (AvgIpc) is 2.84. The van der Waals surface area contributed by atoms with Gasteiger partial charge in [-0.15, -0.1) is 0 Å². The maximum absolute atomic E-state index is 13.2. The summed E-state index contributed by atoms with van der Waals surface area (Å²) in [6, 6.07) is 15.1. The van der Waals surface area contributed by atoms with Crippen molar-refractivity contribution < 1.29 is 17.9 Å². The monoisotopic (exact) mass is 471 g/mol. The van der Waals surface area contributed by atoms with Crippen LogP contribution in [0.5, 0.6) is 0 Å². The van der Waals surface area contributed by atoms with E-state index in [1.165, 1.54) is 15.9 Å². The van der Waals surface area contributed by atoms with Crippen LogP contribution >= 0.6 is 0 Å². The van der Waals surface area contributed by atoms with Gasteiger partial charge in [0.2, 0.25) is 10.0 Å². The third kappa shape index (κ3) is 5.14. The first-order chi connectivity index (χ1) is 15.8. The second-order valence-corrected chi connectivity index (χ2v) is 11.1. The molecule has 0 aliphatic carbocycles. The van der Waals surface area contributed by atoms with E-state index in [-0.39, 0.29) is 16.2 Å². The van der Waals surface area contributed by atoms with Crippen LogP contribution in [0.15, 0.2) is 53.4 Å². The highest BCUT2D eigenvalue weighted by Crippen LogP contribution is 2.34. The molecule has 1 amide bonds. The molecule has 0 bridgehead atoms. The molecule has 33 heavy (non-hydrogen) atoms. The zero-order valence-electron chi connectivity index (χ0n) is 19.4. The molecule has 7 nitrogen and oxygen atoms in total. The number of sulfonamides is 1. The Balaban J connectivity index is 1.53. The molecule has 0 saturated carbocycles. The number of aryl methyl sites for hydroxylation is 1. The lowest BCUT2D eigenvalue weighted by molar-refractivity contribution is 0.0487. The fraction of sp³-hybridized carbons (Fsp3) is 0.480. The molecule has 0 aromatic heterocycles. The summed E-state index contributed by atoms with van der Waals surface area (Å²) in [5, 5.41) is 3.10. The number of nitrogens with one attached hydrogen (secondary N) is 1. The standard InChI is InChI=1S/C25H33N3O4S/c1-20-8-9-22(33(30,31)28-14-12-27(2)13-15-28)18-23(20)24(29)26-19-25(10-16-32-17-11-25)21-6-4-3-5-7-21/h3-9,18H,10-17,19H2,1-2H3,(H,26,29). The van der Waals surface area contributed by atoms with E-state index in [2.05, 4.69) is 22.3 Å². The molecule has 1 N–H and O–H groups in total. The number of piperazine rings is 1. The number of nitrogens with zero attached hydrogens (tertiary/aromatic N) is 2. The lowest BCUT2D eigenvalue weighted by Crippen LogP contribution is -2.47. The van der Waals surface area contributed by atoms with E-state index in [0.717, 1.165) is 18.4 Å². The van der Waals surface area contributed by atoms with Gasteiger partial charge in [0.1, 0.15) is 0 Å². The SMILES string of the molecule is Cc1ccc(S(=O)(=O)N2CCN(C)CC2)cc1C(=O)NCC1(c2ccccc2)CCOCC1. The van der Waals surface area contributed by atoms with Gasteiger partial charge in [0, 0.05) is 56.9 Å². The molecule has 0 atom stereocenters. The van der Waals surface area contributed by atoms with Crippen molar-refractivity contribution >= 4 is 15.9 Å². The number of benzene rings is 2. The first-order valence-corrected chi connectivity index (χ1v) is 13.0. The summed E-state index contributed by atoms with van der Waals surface area (Å²) in [7, 11) is -1.65. The van der Waals surface area contributed by atoms with Gasteiger partial charge in [-0.3, -0.25) is 4.79 Å². The number of carbonyl (C=O) groups is 1. The molecule has 2 aromatic rings. The van der Waals surface area contributed by atoms with Gasteiger partial charge in [-0.2, -0.15) is 4.31 Å². The molecule has 0 unspecified atom stereocenters. The first kappa shape index (κ1) is 23.9. The predicted molar refractivity (Wildman–Crippen MR) is 128 cm³/mol. The minimum atomic E-state index is -3.64. The van der Waals surface area contributed by atoms with Crippen molar-refractivity contribution in [2.24, 2.45) is 0 Å². The van der Waals surface area contributed by atoms with Gasteiger partial charge in [0.25, 0.3) is 5.91 Å². The molecule has 2 fully saturated rings. The Morgan fingerprint density at radius 3 is 2.36 bits per heavy atom. The molecule has 2 aliphatic heterocycles. The Morgan fingerprint density at radius 2 is 1.70 bits per heavy atom. The van der Waals surface area contributed by atoms with Crippen LogP contribution in [0.4, 0.5) is 0 Å². The average molecular weight is 472 g/mol. The van der Waals surface area contributed by atoms with Gasteiger partial charge in [0.05, 0.1) is 4.90 Å². The second-order valence-electron chi connectivity index (χ2n) is 9.13. The summed E-state index contributed by atoms with van der Waals surface area (Å²) in [6.07, 6.45) is 1.65. The van der Waals surface area contributed by atoms with Crippen LogP contribution in [0.2, 0.25) is 0 Å². The van der Waals surface area contributed by atoms with E-state index < -0.39 is 10.0 Å². The van der Waals surface area contributed by atoms with Crippen LogP contribution in [-0.4, -0.2) is 76.5 Å². The Labute approximate surface area is 196 Å². The maximum atomic E-state index is 13.2. The molecule has 2 aliphatic rings. The van der Waals surface area contributed by atoms with Gasteiger partial charge in [-0.25, -0.2) is 8.42 Å². The van der Waals surface area contributed by atoms with E-state index in [4.69, 9.17) is 4.74 Å². The predicted octanol–water partition coefficient (Wildman–Crippen LogP) is 2.41. The molecule has 2 aromatic carbocycles. The zero-order valence-corrected chi connectivity index (χ0v) is 20.2. The Morgan fingerprint density at radius 1 is 1.03 bits per heavy atom. The minimum Gasteiger partial charge on any atom is -0.381 e. The number of likely N-dealkylation sites (N-methyl/N-ethyl adjacent to an activating group) is 1. The van der Waals surface area contributed by atoms with Crippen LogP contribution < -0.4 is 5.32 Å². The van der Waals surface area contributed by atoms with E-state index in [9.17, 15) is 13.2 Å². The number of hydrogen-bond acceptors (Lipinski definition) is 5. The number of rotatable bonds is 6. The van der Waals surface area contributed by atoms with Crippen molar-refractivity contribution in [2.75, 3.05) is 53.0 Å². The number of ether oxygens (including phenoxy) is 1. The first-order valence-electron chi connectivity index (χ1n) is 11.5. The highest BCUT2D eigenvalue weighted by molar-refractivity contribution is 7.89. The van der Waals surface area contributed by atoms with Crippen molar-refractivity contribution in [3.05, 3.63) is 65.2 Å². The van der Waals surface area contributed by atoms with Gasteiger partial charge < -0.3 is 15.0 Å². The molecule has 4 rings (SSSR count). The van der Waals surface area contributed by atoms with Gasteiger partial charge in [-0.1, -0.05) is 36.4 Å². The molecule has 2 saturated heterocycles. The Hall–Kier alpha value is -2.26. The highest BCUT2D eigenvalue weighted by atomic mass is 32.2. The van der Waals surface area contributed by atoms with Gasteiger partial charge >= 0.3 is 0 Å². The molecule has 0 radical (unpaired) electrons. The number of hydrogen-bond donors (Lipinski definition) is 1. The number of carbonyl (C=O) groups excluding carboxylic acids is 1. The van der Waals surface area contributed by atoms with Crippen molar-refractivity contribution in [1.29, 1.82) is 0 Å². The molecule has 8 heteroatoms. The minimum absolute atomic E-state index is 0.173. The van der Waals surface area contributed by atoms with Crippen LogP contribution in [-0.2, 0) is 20.2 Å². The zero-order chi connectivity index (χ0) is 23.5.